The zero-order valence-corrected chi connectivity index (χ0v) is 7.91. The molecule has 0 saturated heterocycles. The summed E-state index contributed by atoms with van der Waals surface area (Å²) in [6.07, 6.45) is 0. The maximum atomic E-state index is 8.59. The van der Waals surface area contributed by atoms with Gasteiger partial charge in [0.2, 0.25) is 0 Å². The van der Waals surface area contributed by atoms with Crippen LogP contribution in [0.25, 0.3) is 0 Å². The summed E-state index contributed by atoms with van der Waals surface area (Å²) in [5, 5.41) is 0. The standard InChI is InChI=1S/C8H10.Na.H2O3S.H/c1-7-3-5-8(2)6-4-7;;1-4(2)3;/h3-6H,1-2H3;;4H,(H,1,2,3);. The van der Waals surface area contributed by atoms with E-state index in [9.17, 15) is 0 Å². The normalized spacial score (nSPS) is 8.31. The molecule has 13 heavy (non-hydrogen) atoms. The first kappa shape index (κ1) is 15.6. The van der Waals surface area contributed by atoms with Crippen LogP contribution in [-0.2, 0) is 11.0 Å². The zero-order chi connectivity index (χ0) is 9.56. The van der Waals surface area contributed by atoms with Crippen molar-refractivity contribution >= 4 is 40.5 Å². The molecule has 70 valence electrons. The Bertz CT molecular complexity index is 264. The number of hydrogen-bond donors (Lipinski definition) is 2. The van der Waals surface area contributed by atoms with E-state index in [2.05, 4.69) is 38.1 Å². The van der Waals surface area contributed by atoms with E-state index in [0.29, 0.717) is 0 Å². The van der Waals surface area contributed by atoms with Crippen LogP contribution >= 0.6 is 0 Å². The van der Waals surface area contributed by atoms with Gasteiger partial charge in [0.15, 0.2) is 0 Å². The Morgan fingerprint density at radius 1 is 1.00 bits per heavy atom. The van der Waals surface area contributed by atoms with E-state index in [4.69, 9.17) is 13.0 Å². The second-order valence-electron chi connectivity index (χ2n) is 2.39. The Morgan fingerprint density at radius 3 is 1.31 bits per heavy atom. The number of thiol groups is 1. The van der Waals surface area contributed by atoms with Gasteiger partial charge in [0.1, 0.15) is 0 Å². The summed E-state index contributed by atoms with van der Waals surface area (Å²) in [6.45, 7) is 4.19. The first-order valence-corrected chi connectivity index (χ1v) is 4.52. The van der Waals surface area contributed by atoms with Crippen LogP contribution in [0, 0.1) is 13.8 Å². The fraction of sp³-hybridized carbons (Fsp3) is 0.250. The molecule has 0 saturated carbocycles. The molecule has 0 aliphatic rings. The Hall–Kier alpha value is 0.130. The van der Waals surface area contributed by atoms with Gasteiger partial charge >= 0.3 is 29.6 Å². The van der Waals surface area contributed by atoms with E-state index in [0.717, 1.165) is 0 Å². The topological polar surface area (TPSA) is 54.4 Å². The third-order valence-electron chi connectivity index (χ3n) is 1.22. The first-order valence-electron chi connectivity index (χ1n) is 3.39. The second-order valence-corrected chi connectivity index (χ2v) is 2.87. The van der Waals surface area contributed by atoms with Crippen molar-refractivity contribution in [2.75, 3.05) is 0 Å². The van der Waals surface area contributed by atoms with Crippen LogP contribution in [-0.4, -0.2) is 42.5 Å². The predicted octanol–water partition coefficient (Wildman–Crippen LogP) is 0.726. The molecule has 0 aliphatic heterocycles. The molecule has 5 heteroatoms. The van der Waals surface area contributed by atoms with E-state index in [1.807, 2.05) is 0 Å². The molecule has 0 aliphatic carbocycles. The maximum absolute atomic E-state index is 8.59. The molecule has 0 amide bonds. The van der Waals surface area contributed by atoms with Gasteiger partial charge in [-0.15, -0.1) is 0 Å². The summed E-state index contributed by atoms with van der Waals surface area (Å²) in [7, 11) is -3.12. The Kier molecular flexibility index (Phi) is 10.5. The van der Waals surface area contributed by atoms with Crippen LogP contribution in [0.3, 0.4) is 0 Å². The third-order valence-corrected chi connectivity index (χ3v) is 1.22. The van der Waals surface area contributed by atoms with E-state index >= 15 is 0 Å². The van der Waals surface area contributed by atoms with Crippen molar-refractivity contribution < 1.29 is 13.0 Å². The molecule has 0 atom stereocenters. The molecule has 0 radical (unpaired) electrons. The van der Waals surface area contributed by atoms with Crippen LogP contribution in [0.4, 0.5) is 0 Å². The average Bonchev–Trinajstić information content (AvgIpc) is 1.94. The van der Waals surface area contributed by atoms with Gasteiger partial charge in [-0.3, -0.25) is 4.55 Å². The molecular formula is C8H13NaO3S. The van der Waals surface area contributed by atoms with Gasteiger partial charge in [-0.1, -0.05) is 35.4 Å². The number of hydrogen-bond acceptors (Lipinski definition) is 2. The van der Waals surface area contributed by atoms with Crippen molar-refractivity contribution in [1.29, 1.82) is 0 Å². The van der Waals surface area contributed by atoms with Crippen molar-refractivity contribution in [2.45, 2.75) is 13.8 Å². The van der Waals surface area contributed by atoms with Crippen molar-refractivity contribution in [3.05, 3.63) is 35.4 Å². The van der Waals surface area contributed by atoms with Gasteiger partial charge in [-0.25, -0.2) is 8.42 Å². The molecule has 0 spiro atoms. The number of aryl methyl sites for hydroxylation is 2. The Balaban J connectivity index is 0. The van der Waals surface area contributed by atoms with Crippen LogP contribution in [0.2, 0.25) is 0 Å². The fourth-order valence-electron chi connectivity index (χ4n) is 0.637. The summed E-state index contributed by atoms with van der Waals surface area (Å²) in [5.41, 5.74) is 2.66. The molecule has 0 fully saturated rings. The summed E-state index contributed by atoms with van der Waals surface area (Å²) in [4.78, 5) is 0. The number of rotatable bonds is 0. The molecule has 1 aromatic rings. The summed E-state index contributed by atoms with van der Waals surface area (Å²) in [6, 6.07) is 8.48. The summed E-state index contributed by atoms with van der Waals surface area (Å²) in [5.74, 6) is 0. The Labute approximate surface area is 102 Å². The van der Waals surface area contributed by atoms with E-state index in [1.54, 1.807) is 0 Å². The molecule has 0 aromatic heterocycles. The average molecular weight is 212 g/mol. The van der Waals surface area contributed by atoms with E-state index in [-0.39, 0.29) is 29.6 Å². The first-order chi connectivity index (χ1) is 5.52. The SMILES string of the molecule is Cc1ccc(C)cc1.O=[SH](=O)O.[NaH]. The summed E-state index contributed by atoms with van der Waals surface area (Å²) >= 11 is 0. The predicted molar refractivity (Wildman–Crippen MR) is 56.0 cm³/mol. The van der Waals surface area contributed by atoms with Crippen molar-refractivity contribution in [3.63, 3.8) is 0 Å². The van der Waals surface area contributed by atoms with Gasteiger partial charge < -0.3 is 0 Å². The monoisotopic (exact) mass is 212 g/mol. The minimum atomic E-state index is -3.12. The van der Waals surface area contributed by atoms with Crippen LogP contribution < -0.4 is 0 Å². The van der Waals surface area contributed by atoms with Crippen LogP contribution in [0.1, 0.15) is 11.1 Å². The molecule has 3 nitrogen and oxygen atoms in total. The van der Waals surface area contributed by atoms with Crippen LogP contribution in [0.15, 0.2) is 24.3 Å². The van der Waals surface area contributed by atoms with Crippen molar-refractivity contribution in [2.24, 2.45) is 0 Å². The molecule has 0 unspecified atom stereocenters. The zero-order valence-electron chi connectivity index (χ0n) is 7.02. The van der Waals surface area contributed by atoms with Gasteiger partial charge in [0.25, 0.3) is 11.0 Å². The molecule has 1 N–H and O–H groups in total. The quantitative estimate of drug-likeness (QED) is 0.378. The van der Waals surface area contributed by atoms with Gasteiger partial charge in [0, 0.05) is 0 Å². The van der Waals surface area contributed by atoms with Crippen molar-refractivity contribution in [1.82, 2.24) is 0 Å². The van der Waals surface area contributed by atoms with E-state index < -0.39 is 11.0 Å². The van der Waals surface area contributed by atoms with Gasteiger partial charge in [-0.05, 0) is 13.8 Å². The fourth-order valence-corrected chi connectivity index (χ4v) is 0.637. The van der Waals surface area contributed by atoms with E-state index in [1.165, 1.54) is 11.1 Å². The molecule has 0 heterocycles. The third kappa shape index (κ3) is 12.1. The van der Waals surface area contributed by atoms with Crippen LogP contribution in [0.5, 0.6) is 0 Å². The van der Waals surface area contributed by atoms with Gasteiger partial charge in [-0.2, -0.15) is 0 Å². The number of benzene rings is 1. The molecule has 0 bridgehead atoms. The van der Waals surface area contributed by atoms with Crippen molar-refractivity contribution in [3.8, 4) is 0 Å². The van der Waals surface area contributed by atoms with Gasteiger partial charge in [0.05, 0.1) is 0 Å². The summed E-state index contributed by atoms with van der Waals surface area (Å²) < 4.78 is 24.2. The minimum absolute atomic E-state index is 0. The molecule has 1 rings (SSSR count). The molecule has 1 aromatic carbocycles. The second kappa shape index (κ2) is 8.72. The Morgan fingerprint density at radius 2 is 1.15 bits per heavy atom. The molecular weight excluding hydrogens is 199 g/mol.